The van der Waals surface area contributed by atoms with Crippen LogP contribution in [-0.2, 0) is 6.54 Å². The largest absolute Gasteiger partial charge is 0.496 e. The Labute approximate surface area is 126 Å². The molecule has 110 valence electrons. The van der Waals surface area contributed by atoms with E-state index in [9.17, 15) is 0 Å². The van der Waals surface area contributed by atoms with Crippen LogP contribution < -0.4 is 10.5 Å². The van der Waals surface area contributed by atoms with Gasteiger partial charge >= 0.3 is 0 Å². The van der Waals surface area contributed by atoms with Crippen LogP contribution in [0.5, 0.6) is 5.75 Å². The van der Waals surface area contributed by atoms with Gasteiger partial charge in [-0.05, 0) is 30.5 Å². The van der Waals surface area contributed by atoms with Crippen molar-refractivity contribution in [1.82, 2.24) is 4.90 Å². The van der Waals surface area contributed by atoms with E-state index in [2.05, 4.69) is 41.3 Å². The Hall–Kier alpha value is -2.00. The van der Waals surface area contributed by atoms with E-state index in [-0.39, 0.29) is 0 Å². The van der Waals surface area contributed by atoms with E-state index >= 15 is 0 Å². The highest BCUT2D eigenvalue weighted by Gasteiger charge is 2.24. The van der Waals surface area contributed by atoms with Gasteiger partial charge in [0.25, 0.3) is 0 Å². The molecule has 1 atom stereocenters. The van der Waals surface area contributed by atoms with Gasteiger partial charge < -0.3 is 10.5 Å². The van der Waals surface area contributed by atoms with Gasteiger partial charge in [-0.15, -0.1) is 0 Å². The normalized spacial score (nSPS) is 18.8. The van der Waals surface area contributed by atoms with Crippen LogP contribution in [0, 0.1) is 0 Å². The maximum atomic E-state index is 5.82. The van der Waals surface area contributed by atoms with Crippen LogP contribution in [0.15, 0.2) is 48.5 Å². The second-order valence-corrected chi connectivity index (χ2v) is 5.70. The molecule has 0 spiro atoms. The van der Waals surface area contributed by atoms with Gasteiger partial charge in [0.2, 0.25) is 0 Å². The van der Waals surface area contributed by atoms with Gasteiger partial charge in [-0.3, -0.25) is 4.90 Å². The Kier molecular flexibility index (Phi) is 4.11. The topological polar surface area (TPSA) is 38.5 Å². The first kappa shape index (κ1) is 14.0. The van der Waals surface area contributed by atoms with Crippen LogP contribution in [0.1, 0.15) is 23.5 Å². The molecule has 0 bridgehead atoms. The Balaban J connectivity index is 1.68. The molecule has 0 amide bonds. The molecule has 1 fully saturated rings. The summed E-state index contributed by atoms with van der Waals surface area (Å²) in [6.07, 6.45) is 1.22. The van der Waals surface area contributed by atoms with Crippen molar-refractivity contribution in [3.8, 4) is 5.75 Å². The number of anilines is 1. The summed E-state index contributed by atoms with van der Waals surface area (Å²) in [5, 5.41) is 0. The summed E-state index contributed by atoms with van der Waals surface area (Å²) in [7, 11) is 1.70. The number of ether oxygens (including phenoxy) is 1. The lowest BCUT2D eigenvalue weighted by Gasteiger charge is -2.18. The monoisotopic (exact) mass is 282 g/mol. The summed E-state index contributed by atoms with van der Waals surface area (Å²) < 4.78 is 5.44. The molecule has 0 aliphatic carbocycles. The Bertz CT molecular complexity index is 597. The van der Waals surface area contributed by atoms with E-state index < -0.39 is 0 Å². The van der Waals surface area contributed by atoms with Gasteiger partial charge in [0.1, 0.15) is 5.75 Å². The average Bonchev–Trinajstić information content (AvgIpc) is 2.98. The van der Waals surface area contributed by atoms with Gasteiger partial charge in [0, 0.05) is 30.4 Å². The number of hydrogen-bond acceptors (Lipinski definition) is 3. The molecule has 3 heteroatoms. The molecular formula is C18H22N2O. The van der Waals surface area contributed by atoms with E-state index in [1.165, 1.54) is 17.5 Å². The Morgan fingerprint density at radius 2 is 2.00 bits per heavy atom. The number of benzene rings is 2. The van der Waals surface area contributed by atoms with E-state index in [0.717, 1.165) is 31.1 Å². The highest BCUT2D eigenvalue weighted by atomic mass is 16.5. The lowest BCUT2D eigenvalue weighted by atomic mass is 9.99. The van der Waals surface area contributed by atoms with Crippen LogP contribution in [0.25, 0.3) is 0 Å². The molecule has 3 nitrogen and oxygen atoms in total. The van der Waals surface area contributed by atoms with Crippen LogP contribution in [-0.4, -0.2) is 25.1 Å². The van der Waals surface area contributed by atoms with Crippen molar-refractivity contribution < 1.29 is 4.74 Å². The number of rotatable bonds is 4. The van der Waals surface area contributed by atoms with Crippen molar-refractivity contribution in [2.75, 3.05) is 25.9 Å². The molecule has 0 aromatic heterocycles. The smallest absolute Gasteiger partial charge is 0.125 e. The van der Waals surface area contributed by atoms with E-state index in [4.69, 9.17) is 10.5 Å². The number of nitrogens with two attached hydrogens (primary N) is 1. The molecule has 3 rings (SSSR count). The van der Waals surface area contributed by atoms with Crippen molar-refractivity contribution in [3.05, 3.63) is 59.7 Å². The second-order valence-electron chi connectivity index (χ2n) is 5.70. The first-order valence-electron chi connectivity index (χ1n) is 7.46. The van der Waals surface area contributed by atoms with Crippen molar-refractivity contribution in [2.24, 2.45) is 0 Å². The van der Waals surface area contributed by atoms with E-state index in [1.807, 2.05) is 12.1 Å². The van der Waals surface area contributed by atoms with Crippen LogP contribution in [0.3, 0.4) is 0 Å². The molecule has 0 radical (unpaired) electrons. The zero-order valence-corrected chi connectivity index (χ0v) is 12.5. The minimum Gasteiger partial charge on any atom is -0.496 e. The van der Waals surface area contributed by atoms with Crippen LogP contribution in [0.4, 0.5) is 5.69 Å². The third-order valence-electron chi connectivity index (χ3n) is 4.25. The number of likely N-dealkylation sites (tertiary alicyclic amines) is 1. The van der Waals surface area contributed by atoms with Gasteiger partial charge in [-0.2, -0.15) is 0 Å². The molecule has 1 aliphatic rings. The first-order chi connectivity index (χ1) is 10.3. The van der Waals surface area contributed by atoms with Crippen molar-refractivity contribution in [1.29, 1.82) is 0 Å². The molecule has 1 heterocycles. The molecule has 21 heavy (non-hydrogen) atoms. The number of nitrogens with zero attached hydrogens (tertiary/aromatic N) is 1. The number of methoxy groups -OCH3 is 1. The number of hydrogen-bond donors (Lipinski definition) is 1. The summed E-state index contributed by atoms with van der Waals surface area (Å²) >= 11 is 0. The summed E-state index contributed by atoms with van der Waals surface area (Å²) in [4.78, 5) is 2.49. The lowest BCUT2D eigenvalue weighted by Crippen LogP contribution is -2.20. The van der Waals surface area contributed by atoms with E-state index in [1.54, 1.807) is 7.11 Å². The zero-order chi connectivity index (χ0) is 14.7. The first-order valence-corrected chi connectivity index (χ1v) is 7.46. The molecular weight excluding hydrogens is 260 g/mol. The van der Waals surface area contributed by atoms with Crippen molar-refractivity contribution in [2.45, 2.75) is 18.9 Å². The Morgan fingerprint density at radius 1 is 1.19 bits per heavy atom. The fourth-order valence-corrected chi connectivity index (χ4v) is 3.11. The highest BCUT2D eigenvalue weighted by Crippen LogP contribution is 2.30. The molecule has 1 unspecified atom stereocenters. The fourth-order valence-electron chi connectivity index (χ4n) is 3.11. The predicted molar refractivity (Wildman–Crippen MR) is 86.5 cm³/mol. The molecule has 1 saturated heterocycles. The van der Waals surface area contributed by atoms with Gasteiger partial charge in [0.15, 0.2) is 0 Å². The molecule has 0 saturated carbocycles. The highest BCUT2D eigenvalue weighted by molar-refractivity contribution is 5.48. The van der Waals surface area contributed by atoms with Gasteiger partial charge in [0.05, 0.1) is 7.11 Å². The summed E-state index contributed by atoms with van der Waals surface area (Å²) in [5.41, 5.74) is 9.22. The lowest BCUT2D eigenvalue weighted by molar-refractivity contribution is 0.317. The van der Waals surface area contributed by atoms with Crippen LogP contribution >= 0.6 is 0 Å². The van der Waals surface area contributed by atoms with Crippen molar-refractivity contribution >= 4 is 5.69 Å². The fraction of sp³-hybridized carbons (Fsp3) is 0.333. The van der Waals surface area contributed by atoms with Crippen molar-refractivity contribution in [3.63, 3.8) is 0 Å². The maximum absolute atomic E-state index is 5.82. The minimum absolute atomic E-state index is 0.644. The van der Waals surface area contributed by atoms with Gasteiger partial charge in [-0.25, -0.2) is 0 Å². The van der Waals surface area contributed by atoms with Crippen LogP contribution in [0.2, 0.25) is 0 Å². The molecule has 2 aromatic carbocycles. The predicted octanol–water partition coefficient (Wildman–Crippen LogP) is 3.27. The van der Waals surface area contributed by atoms with E-state index in [0.29, 0.717) is 5.92 Å². The maximum Gasteiger partial charge on any atom is 0.125 e. The second kappa shape index (κ2) is 6.19. The molecule has 1 aliphatic heterocycles. The summed E-state index contributed by atoms with van der Waals surface area (Å²) in [6.45, 7) is 3.16. The molecule has 2 N–H and O–H groups in total. The Morgan fingerprint density at radius 3 is 2.76 bits per heavy atom. The number of nitrogen functional groups attached to an aromatic ring is 1. The summed E-state index contributed by atoms with van der Waals surface area (Å²) in [5.74, 6) is 1.53. The summed E-state index contributed by atoms with van der Waals surface area (Å²) in [6, 6.07) is 16.7. The quantitative estimate of drug-likeness (QED) is 0.875. The minimum atomic E-state index is 0.644. The standard InChI is InChI=1S/C18H22N2O/c1-21-18-11-17(19)8-7-16(18)13-20-10-9-15(12-20)14-5-3-2-4-6-14/h2-8,11,15H,9-10,12-13,19H2,1H3. The zero-order valence-electron chi connectivity index (χ0n) is 12.5. The third-order valence-corrected chi connectivity index (χ3v) is 4.25. The molecule has 2 aromatic rings. The SMILES string of the molecule is COc1cc(N)ccc1CN1CCC(c2ccccc2)C1. The average molecular weight is 282 g/mol. The third kappa shape index (κ3) is 3.19. The van der Waals surface area contributed by atoms with Gasteiger partial charge in [-0.1, -0.05) is 36.4 Å².